The van der Waals surface area contributed by atoms with Crippen LogP contribution in [0, 0.1) is 0 Å². The fraction of sp³-hybridized carbons (Fsp3) is 0.500. The van der Waals surface area contributed by atoms with E-state index in [9.17, 15) is 4.79 Å². The largest absolute Gasteiger partial charge is 0.481 e. The van der Waals surface area contributed by atoms with Gasteiger partial charge in [0.25, 0.3) is 0 Å². The summed E-state index contributed by atoms with van der Waals surface area (Å²) in [5.41, 5.74) is 0.717. The molecule has 5 nitrogen and oxygen atoms in total. The third-order valence-corrected chi connectivity index (χ3v) is 2.76. The fourth-order valence-electron chi connectivity index (χ4n) is 1.96. The van der Waals surface area contributed by atoms with Crippen molar-refractivity contribution >= 4 is 17.4 Å². The summed E-state index contributed by atoms with van der Waals surface area (Å²) in [5.74, 6) is 1.26. The lowest BCUT2D eigenvalue weighted by molar-refractivity contribution is -0.116. The van der Waals surface area contributed by atoms with Gasteiger partial charge in [-0.3, -0.25) is 4.79 Å². The zero-order valence-corrected chi connectivity index (χ0v) is 10.1. The predicted octanol–water partition coefficient (Wildman–Crippen LogP) is 2.01. The summed E-state index contributed by atoms with van der Waals surface area (Å²) in [5, 5.41) is 6.13. The molecule has 1 aromatic rings. The normalized spacial score (nSPS) is 18.7. The molecule has 0 spiro atoms. The minimum atomic E-state index is 0.0293. The van der Waals surface area contributed by atoms with Crippen molar-refractivity contribution in [2.24, 2.45) is 0 Å². The van der Waals surface area contributed by atoms with Crippen LogP contribution in [0.25, 0.3) is 0 Å². The van der Waals surface area contributed by atoms with Crippen LogP contribution in [-0.2, 0) is 4.79 Å². The lowest BCUT2D eigenvalue weighted by atomic mass is 10.1. The lowest BCUT2D eigenvalue weighted by Crippen LogP contribution is -2.22. The smallest absolute Gasteiger partial charge is 0.226 e. The van der Waals surface area contributed by atoms with Crippen molar-refractivity contribution in [1.82, 2.24) is 4.98 Å². The number of anilines is 2. The number of rotatable bonds is 3. The van der Waals surface area contributed by atoms with E-state index in [1.807, 2.05) is 0 Å². The Bertz CT molecular complexity index is 420. The van der Waals surface area contributed by atoms with E-state index in [1.165, 1.54) is 0 Å². The van der Waals surface area contributed by atoms with Gasteiger partial charge in [-0.05, 0) is 12.5 Å². The summed E-state index contributed by atoms with van der Waals surface area (Å²) in [4.78, 5) is 16.0. The maximum Gasteiger partial charge on any atom is 0.226 e. The Morgan fingerprint density at radius 1 is 1.53 bits per heavy atom. The van der Waals surface area contributed by atoms with E-state index in [-0.39, 0.29) is 11.9 Å². The van der Waals surface area contributed by atoms with Gasteiger partial charge in [-0.15, -0.1) is 0 Å². The molecule has 1 atom stereocenters. The second-order valence-corrected chi connectivity index (χ2v) is 4.13. The Kier molecular flexibility index (Phi) is 3.46. The summed E-state index contributed by atoms with van der Waals surface area (Å²) in [6.07, 6.45) is 2.46. The van der Waals surface area contributed by atoms with Crippen LogP contribution in [0.2, 0.25) is 0 Å². The molecule has 2 N–H and O–H groups in total. The van der Waals surface area contributed by atoms with Crippen molar-refractivity contribution in [3.05, 3.63) is 12.1 Å². The molecule has 0 fully saturated rings. The number of fused-ring (bicyclic) bond motifs is 1. The quantitative estimate of drug-likeness (QED) is 0.841. The zero-order valence-electron chi connectivity index (χ0n) is 10.1. The van der Waals surface area contributed by atoms with Crippen LogP contribution in [0.3, 0.4) is 0 Å². The SMILES string of the molecule is CCCC1CC(=O)Nc2ccc(OC)nc2N1. The van der Waals surface area contributed by atoms with E-state index in [1.54, 1.807) is 19.2 Å². The zero-order chi connectivity index (χ0) is 12.3. The number of nitrogens with zero attached hydrogens (tertiary/aromatic N) is 1. The van der Waals surface area contributed by atoms with Crippen molar-refractivity contribution in [3.63, 3.8) is 0 Å². The van der Waals surface area contributed by atoms with Gasteiger partial charge in [-0.1, -0.05) is 13.3 Å². The van der Waals surface area contributed by atoms with E-state index >= 15 is 0 Å². The predicted molar refractivity (Wildman–Crippen MR) is 66.4 cm³/mol. The maximum atomic E-state index is 11.7. The van der Waals surface area contributed by atoms with Gasteiger partial charge in [0.2, 0.25) is 11.8 Å². The van der Waals surface area contributed by atoms with Crippen molar-refractivity contribution in [2.45, 2.75) is 32.2 Å². The van der Waals surface area contributed by atoms with Crippen LogP contribution in [0.1, 0.15) is 26.2 Å². The van der Waals surface area contributed by atoms with E-state index in [0.717, 1.165) is 18.5 Å². The Hall–Kier alpha value is -1.78. The molecule has 17 heavy (non-hydrogen) atoms. The number of ether oxygens (including phenoxy) is 1. The van der Waals surface area contributed by atoms with Gasteiger partial charge in [-0.2, -0.15) is 4.98 Å². The molecular formula is C12H17N3O2. The molecule has 0 radical (unpaired) electrons. The van der Waals surface area contributed by atoms with Gasteiger partial charge in [0, 0.05) is 18.5 Å². The van der Waals surface area contributed by atoms with E-state index in [0.29, 0.717) is 18.1 Å². The summed E-state index contributed by atoms with van der Waals surface area (Å²) < 4.78 is 5.08. The van der Waals surface area contributed by atoms with Crippen LogP contribution in [0.4, 0.5) is 11.5 Å². The van der Waals surface area contributed by atoms with E-state index < -0.39 is 0 Å². The molecule has 1 unspecified atom stereocenters. The van der Waals surface area contributed by atoms with Crippen LogP contribution in [0.15, 0.2) is 12.1 Å². The number of amides is 1. The molecule has 1 aromatic heterocycles. The first-order chi connectivity index (χ1) is 8.22. The molecule has 0 aromatic carbocycles. The van der Waals surface area contributed by atoms with Gasteiger partial charge in [-0.25, -0.2) is 0 Å². The molecule has 5 heteroatoms. The first kappa shape index (κ1) is 11.7. The highest BCUT2D eigenvalue weighted by Crippen LogP contribution is 2.27. The fourth-order valence-corrected chi connectivity index (χ4v) is 1.96. The van der Waals surface area contributed by atoms with Crippen molar-refractivity contribution in [1.29, 1.82) is 0 Å². The number of aromatic nitrogens is 1. The Balaban J connectivity index is 2.28. The Morgan fingerprint density at radius 3 is 3.06 bits per heavy atom. The monoisotopic (exact) mass is 235 g/mol. The molecule has 92 valence electrons. The second kappa shape index (κ2) is 5.03. The Labute approximate surface area is 101 Å². The number of carbonyl (C=O) groups is 1. The lowest BCUT2D eigenvalue weighted by Gasteiger charge is -2.15. The summed E-state index contributed by atoms with van der Waals surface area (Å²) >= 11 is 0. The molecule has 1 aliphatic rings. The molecular weight excluding hydrogens is 218 g/mol. The molecule has 0 bridgehead atoms. The van der Waals surface area contributed by atoms with Crippen molar-refractivity contribution < 1.29 is 9.53 Å². The average molecular weight is 235 g/mol. The number of carbonyl (C=O) groups excluding carboxylic acids is 1. The number of pyridine rings is 1. The minimum absolute atomic E-state index is 0.0293. The molecule has 2 heterocycles. The second-order valence-electron chi connectivity index (χ2n) is 4.13. The molecule has 1 aliphatic heterocycles. The van der Waals surface area contributed by atoms with Crippen LogP contribution in [-0.4, -0.2) is 24.0 Å². The standard InChI is InChI=1S/C12H17N3O2/c1-3-4-8-7-10(16)14-9-5-6-11(17-2)15-12(9)13-8/h5-6,8H,3-4,7H2,1-2H3,(H,13,15)(H,14,16). The Morgan fingerprint density at radius 2 is 2.35 bits per heavy atom. The van der Waals surface area contributed by atoms with Gasteiger partial charge in [0.05, 0.1) is 12.8 Å². The topological polar surface area (TPSA) is 63.2 Å². The van der Waals surface area contributed by atoms with Crippen molar-refractivity contribution in [3.8, 4) is 5.88 Å². The molecule has 0 aliphatic carbocycles. The molecule has 1 amide bonds. The van der Waals surface area contributed by atoms with Crippen LogP contribution < -0.4 is 15.4 Å². The number of hydrogen-bond donors (Lipinski definition) is 2. The summed E-state index contributed by atoms with van der Waals surface area (Å²) in [6, 6.07) is 3.68. The first-order valence-electron chi connectivity index (χ1n) is 5.84. The van der Waals surface area contributed by atoms with Gasteiger partial charge < -0.3 is 15.4 Å². The van der Waals surface area contributed by atoms with Gasteiger partial charge >= 0.3 is 0 Å². The number of methoxy groups -OCH3 is 1. The van der Waals surface area contributed by atoms with Crippen LogP contribution >= 0.6 is 0 Å². The highest BCUT2D eigenvalue weighted by Gasteiger charge is 2.21. The highest BCUT2D eigenvalue weighted by molar-refractivity contribution is 5.95. The molecule has 0 saturated heterocycles. The molecule has 0 saturated carbocycles. The highest BCUT2D eigenvalue weighted by atomic mass is 16.5. The minimum Gasteiger partial charge on any atom is -0.481 e. The molecule has 2 rings (SSSR count). The summed E-state index contributed by atoms with van der Waals surface area (Å²) in [7, 11) is 1.58. The first-order valence-corrected chi connectivity index (χ1v) is 5.84. The van der Waals surface area contributed by atoms with Crippen molar-refractivity contribution in [2.75, 3.05) is 17.7 Å². The third-order valence-electron chi connectivity index (χ3n) is 2.76. The van der Waals surface area contributed by atoms with Gasteiger partial charge in [0.15, 0.2) is 5.82 Å². The summed E-state index contributed by atoms with van der Waals surface area (Å²) in [6.45, 7) is 2.10. The maximum absolute atomic E-state index is 11.7. The number of nitrogens with one attached hydrogen (secondary N) is 2. The number of hydrogen-bond acceptors (Lipinski definition) is 4. The van der Waals surface area contributed by atoms with Gasteiger partial charge in [0.1, 0.15) is 0 Å². The van der Waals surface area contributed by atoms with Crippen LogP contribution in [0.5, 0.6) is 5.88 Å². The average Bonchev–Trinajstić information content (AvgIpc) is 2.46. The van der Waals surface area contributed by atoms with E-state index in [4.69, 9.17) is 4.74 Å². The third kappa shape index (κ3) is 2.67. The van der Waals surface area contributed by atoms with E-state index in [2.05, 4.69) is 22.5 Å².